The fourth-order valence-corrected chi connectivity index (χ4v) is 3.01. The molecule has 0 saturated carbocycles. The molecule has 25 heavy (non-hydrogen) atoms. The number of nitrogens with one attached hydrogen (secondary N) is 1. The van der Waals surface area contributed by atoms with Crippen molar-refractivity contribution in [3.63, 3.8) is 0 Å². The Kier molecular flexibility index (Phi) is 5.45. The summed E-state index contributed by atoms with van der Waals surface area (Å²) in [4.78, 5) is 32.2. The molecule has 2 heterocycles. The average Bonchev–Trinajstić information content (AvgIpc) is 2.88. The Morgan fingerprint density at radius 2 is 1.96 bits per heavy atom. The molecule has 1 aliphatic heterocycles. The van der Waals surface area contributed by atoms with Crippen molar-refractivity contribution in [2.75, 3.05) is 45.2 Å². The number of pyridine rings is 1. The Balaban J connectivity index is 1.66. The molecule has 1 N–H and O–H groups in total. The zero-order valence-electron chi connectivity index (χ0n) is 14.3. The van der Waals surface area contributed by atoms with E-state index in [1.54, 1.807) is 22.2 Å². The van der Waals surface area contributed by atoms with Gasteiger partial charge in [0.1, 0.15) is 6.61 Å². The van der Waals surface area contributed by atoms with Gasteiger partial charge in [-0.2, -0.15) is 0 Å². The third kappa shape index (κ3) is 4.06. The van der Waals surface area contributed by atoms with E-state index in [9.17, 15) is 9.59 Å². The minimum atomic E-state index is -0.148. The van der Waals surface area contributed by atoms with Crippen LogP contribution >= 0.6 is 0 Å². The molecule has 1 aliphatic rings. The third-order valence-corrected chi connectivity index (χ3v) is 4.33. The van der Waals surface area contributed by atoms with Gasteiger partial charge in [-0.3, -0.25) is 9.78 Å². The van der Waals surface area contributed by atoms with Crippen molar-refractivity contribution in [3.8, 4) is 0 Å². The molecule has 132 valence electrons. The largest absolute Gasteiger partial charge is 0.375 e. The van der Waals surface area contributed by atoms with Gasteiger partial charge in [0.25, 0.3) is 0 Å². The number of carbonyl (C=O) groups is 2. The van der Waals surface area contributed by atoms with Gasteiger partial charge in [-0.15, -0.1) is 0 Å². The molecular weight excluding hydrogens is 320 g/mol. The van der Waals surface area contributed by atoms with E-state index in [0.29, 0.717) is 26.2 Å². The summed E-state index contributed by atoms with van der Waals surface area (Å²) in [7, 11) is 1.51. The van der Waals surface area contributed by atoms with E-state index in [-0.39, 0.29) is 18.5 Å². The summed E-state index contributed by atoms with van der Waals surface area (Å²) in [5.74, 6) is -0.0358. The maximum absolute atomic E-state index is 12.6. The second-order valence-electron chi connectivity index (χ2n) is 5.99. The Morgan fingerprint density at radius 3 is 2.80 bits per heavy atom. The highest BCUT2D eigenvalue weighted by atomic mass is 16.5. The number of nitrogens with zero attached hydrogens (tertiary/aromatic N) is 3. The van der Waals surface area contributed by atoms with Crippen LogP contribution in [0.3, 0.4) is 0 Å². The summed E-state index contributed by atoms with van der Waals surface area (Å²) in [6.45, 7) is 2.37. The molecule has 7 nitrogen and oxygen atoms in total. The number of fused-ring (bicyclic) bond motifs is 1. The molecule has 0 bridgehead atoms. The quantitative estimate of drug-likeness (QED) is 0.925. The van der Waals surface area contributed by atoms with E-state index in [2.05, 4.69) is 10.3 Å². The van der Waals surface area contributed by atoms with Crippen LogP contribution in [0.5, 0.6) is 0 Å². The smallest absolute Gasteiger partial charge is 0.321 e. The number of methoxy groups -OCH3 is 1. The van der Waals surface area contributed by atoms with Crippen LogP contribution in [0.15, 0.2) is 36.7 Å². The van der Waals surface area contributed by atoms with Crippen LogP contribution < -0.4 is 5.32 Å². The van der Waals surface area contributed by atoms with Crippen LogP contribution in [-0.2, 0) is 9.53 Å². The van der Waals surface area contributed by atoms with Crippen molar-refractivity contribution in [1.82, 2.24) is 14.8 Å². The standard InChI is InChI=1S/C18H22N4O3/c1-25-13-17(23)21-8-3-9-22(11-10-21)18(24)20-16-5-2-4-14-12-19-7-6-15(14)16/h2,4-7,12H,3,8-11,13H2,1H3,(H,20,24). The van der Waals surface area contributed by atoms with Crippen LogP contribution in [0.4, 0.5) is 10.5 Å². The molecule has 3 amide bonds. The molecule has 1 fully saturated rings. The summed E-state index contributed by atoms with van der Waals surface area (Å²) in [5.41, 5.74) is 0.765. The van der Waals surface area contributed by atoms with Gasteiger partial charge in [0.15, 0.2) is 0 Å². The van der Waals surface area contributed by atoms with E-state index in [1.165, 1.54) is 7.11 Å². The molecule has 3 rings (SSSR count). The molecule has 2 aromatic rings. The number of aromatic nitrogens is 1. The van der Waals surface area contributed by atoms with Crippen molar-refractivity contribution in [1.29, 1.82) is 0 Å². The summed E-state index contributed by atoms with van der Waals surface area (Å²) >= 11 is 0. The Bertz CT molecular complexity index is 760. The number of urea groups is 1. The fourth-order valence-electron chi connectivity index (χ4n) is 3.01. The molecule has 1 aromatic heterocycles. The molecule has 0 aliphatic carbocycles. The van der Waals surface area contributed by atoms with Gasteiger partial charge in [0.2, 0.25) is 5.91 Å². The van der Waals surface area contributed by atoms with Gasteiger partial charge in [-0.05, 0) is 18.6 Å². The highest BCUT2D eigenvalue weighted by Crippen LogP contribution is 2.22. The van der Waals surface area contributed by atoms with E-state index in [0.717, 1.165) is 22.9 Å². The maximum Gasteiger partial charge on any atom is 0.321 e. The molecule has 0 unspecified atom stereocenters. The summed E-state index contributed by atoms with van der Waals surface area (Å²) < 4.78 is 4.90. The maximum atomic E-state index is 12.6. The van der Waals surface area contributed by atoms with Crippen molar-refractivity contribution >= 4 is 28.4 Å². The minimum absolute atomic E-state index is 0.0358. The molecule has 1 aromatic carbocycles. The number of carbonyl (C=O) groups excluding carboxylic acids is 2. The van der Waals surface area contributed by atoms with E-state index in [1.807, 2.05) is 24.3 Å². The molecule has 0 radical (unpaired) electrons. The van der Waals surface area contributed by atoms with Crippen LogP contribution in [0, 0.1) is 0 Å². The van der Waals surface area contributed by atoms with Crippen molar-refractivity contribution in [2.45, 2.75) is 6.42 Å². The number of hydrogen-bond acceptors (Lipinski definition) is 4. The first-order valence-electron chi connectivity index (χ1n) is 8.34. The molecule has 0 atom stereocenters. The predicted octanol–water partition coefficient (Wildman–Crippen LogP) is 1.95. The van der Waals surface area contributed by atoms with Gasteiger partial charge in [0, 0.05) is 56.5 Å². The van der Waals surface area contributed by atoms with Gasteiger partial charge in [0.05, 0.1) is 5.69 Å². The average molecular weight is 342 g/mol. The Hall–Kier alpha value is -2.67. The highest BCUT2D eigenvalue weighted by molar-refractivity contribution is 6.01. The Labute approximate surface area is 146 Å². The van der Waals surface area contributed by atoms with Crippen molar-refractivity contribution in [2.24, 2.45) is 0 Å². The topological polar surface area (TPSA) is 74.8 Å². The number of rotatable bonds is 3. The zero-order chi connectivity index (χ0) is 17.6. The monoisotopic (exact) mass is 342 g/mol. The van der Waals surface area contributed by atoms with E-state index < -0.39 is 0 Å². The molecular formula is C18H22N4O3. The highest BCUT2D eigenvalue weighted by Gasteiger charge is 2.22. The first kappa shape index (κ1) is 17.2. The summed E-state index contributed by atoms with van der Waals surface area (Å²) in [6, 6.07) is 7.48. The van der Waals surface area contributed by atoms with E-state index in [4.69, 9.17) is 4.74 Å². The lowest BCUT2D eigenvalue weighted by molar-refractivity contribution is -0.134. The van der Waals surface area contributed by atoms with Gasteiger partial charge in [-0.1, -0.05) is 12.1 Å². The van der Waals surface area contributed by atoms with Crippen LogP contribution in [0.2, 0.25) is 0 Å². The minimum Gasteiger partial charge on any atom is -0.375 e. The number of amides is 3. The third-order valence-electron chi connectivity index (χ3n) is 4.33. The van der Waals surface area contributed by atoms with Crippen molar-refractivity contribution < 1.29 is 14.3 Å². The van der Waals surface area contributed by atoms with Gasteiger partial charge >= 0.3 is 6.03 Å². The van der Waals surface area contributed by atoms with Crippen LogP contribution in [0.25, 0.3) is 10.8 Å². The first-order chi connectivity index (χ1) is 12.2. The molecule has 1 saturated heterocycles. The molecule has 7 heteroatoms. The van der Waals surface area contributed by atoms with Gasteiger partial charge < -0.3 is 19.9 Å². The second kappa shape index (κ2) is 7.94. The summed E-state index contributed by atoms with van der Waals surface area (Å²) in [6.07, 6.45) is 4.24. The first-order valence-corrected chi connectivity index (χ1v) is 8.34. The fraction of sp³-hybridized carbons (Fsp3) is 0.389. The summed E-state index contributed by atoms with van der Waals surface area (Å²) in [5, 5.41) is 4.92. The number of ether oxygens (including phenoxy) is 1. The van der Waals surface area contributed by atoms with Gasteiger partial charge in [-0.25, -0.2) is 4.79 Å². The van der Waals surface area contributed by atoms with Crippen LogP contribution in [0.1, 0.15) is 6.42 Å². The number of benzene rings is 1. The Morgan fingerprint density at radius 1 is 1.16 bits per heavy atom. The molecule has 0 spiro atoms. The normalized spacial score (nSPS) is 15.1. The van der Waals surface area contributed by atoms with Crippen molar-refractivity contribution in [3.05, 3.63) is 36.7 Å². The lowest BCUT2D eigenvalue weighted by Crippen LogP contribution is -2.40. The predicted molar refractivity (Wildman–Crippen MR) is 95.4 cm³/mol. The SMILES string of the molecule is COCC(=O)N1CCCN(C(=O)Nc2cccc3cnccc23)CC1. The van der Waals surface area contributed by atoms with E-state index >= 15 is 0 Å². The van der Waals surface area contributed by atoms with Crippen LogP contribution in [-0.4, -0.2) is 66.6 Å². The zero-order valence-corrected chi connectivity index (χ0v) is 14.3. The second-order valence-corrected chi connectivity index (χ2v) is 5.99. The number of hydrogen-bond donors (Lipinski definition) is 1. The lowest BCUT2D eigenvalue weighted by Gasteiger charge is -2.22. The number of anilines is 1. The lowest BCUT2D eigenvalue weighted by atomic mass is 10.1.